The summed E-state index contributed by atoms with van der Waals surface area (Å²) in [5, 5.41) is 13.9. The van der Waals surface area contributed by atoms with Crippen LogP contribution in [0.15, 0.2) is 0 Å². The molecule has 0 aliphatic rings. The van der Waals surface area contributed by atoms with E-state index in [0.29, 0.717) is 7.92 Å². The second-order valence-corrected chi connectivity index (χ2v) is 10.1. The number of hydrogen-bond acceptors (Lipinski definition) is 4. The summed E-state index contributed by atoms with van der Waals surface area (Å²) in [5.74, 6) is -3.50. The fourth-order valence-corrected chi connectivity index (χ4v) is 5.53. The number of rotatable bonds is 13. The van der Waals surface area contributed by atoms with Crippen LogP contribution in [0.5, 0.6) is 0 Å². The van der Waals surface area contributed by atoms with Crippen LogP contribution in [0.2, 0.25) is 0 Å². The Kier molecular flexibility index (Phi) is 16.5. The van der Waals surface area contributed by atoms with Gasteiger partial charge >= 0.3 is 11.9 Å². The van der Waals surface area contributed by atoms with E-state index < -0.39 is 33.7 Å². The molecule has 0 heterocycles. The number of aliphatic carboxylic acids is 2. The lowest BCUT2D eigenvalue weighted by atomic mass is 10.3. The molecular formula is C16H33O7PS. The molecule has 1 unspecified atom stereocenters. The molecule has 0 saturated heterocycles. The molecule has 0 saturated carbocycles. The molecule has 1 atom stereocenters. The molecule has 0 radical (unpaired) electrons. The van der Waals surface area contributed by atoms with E-state index in [2.05, 4.69) is 20.8 Å². The normalized spacial score (nSPS) is 12.4. The van der Waals surface area contributed by atoms with Gasteiger partial charge in [-0.05, 0) is 37.7 Å². The average Bonchev–Trinajstić information content (AvgIpc) is 2.51. The summed E-state index contributed by atoms with van der Waals surface area (Å²) in [5.41, 5.74) is 0. The maximum Gasteiger partial charge on any atom is 0.325 e. The van der Waals surface area contributed by atoms with Gasteiger partial charge in [0.05, 0.1) is 6.42 Å². The summed E-state index contributed by atoms with van der Waals surface area (Å²) in [6.45, 7) is 6.94. The van der Waals surface area contributed by atoms with Gasteiger partial charge in [-0.2, -0.15) is 8.42 Å². The third-order valence-electron chi connectivity index (χ3n) is 3.48. The Hall–Kier alpha value is -0.720. The van der Waals surface area contributed by atoms with Gasteiger partial charge in [0.15, 0.2) is 5.25 Å². The molecule has 0 bridgehead atoms. The second kappa shape index (κ2) is 15.5. The van der Waals surface area contributed by atoms with Gasteiger partial charge in [-0.1, -0.05) is 40.0 Å². The zero-order valence-electron chi connectivity index (χ0n) is 15.5. The van der Waals surface area contributed by atoms with E-state index >= 15 is 0 Å². The third-order valence-corrected chi connectivity index (χ3v) is 7.41. The maximum atomic E-state index is 10.2. The van der Waals surface area contributed by atoms with E-state index in [0.717, 1.165) is 0 Å². The number of carboxylic acids is 2. The lowest BCUT2D eigenvalue weighted by Crippen LogP contribution is -2.31. The molecule has 0 aliphatic heterocycles. The van der Waals surface area contributed by atoms with Crippen LogP contribution in [0.3, 0.4) is 0 Å². The number of carbonyl (C=O) groups is 2. The number of carboxylic acid groups (broad SMARTS) is 2. The van der Waals surface area contributed by atoms with Crippen molar-refractivity contribution in [3.63, 3.8) is 0 Å². The minimum atomic E-state index is -4.84. The quantitative estimate of drug-likeness (QED) is 0.318. The highest BCUT2D eigenvalue weighted by Gasteiger charge is 2.33. The Balaban J connectivity index is 0. The van der Waals surface area contributed by atoms with Crippen molar-refractivity contribution in [2.45, 2.75) is 71.0 Å². The maximum absolute atomic E-state index is 10.2. The van der Waals surface area contributed by atoms with Crippen LogP contribution < -0.4 is 0 Å². The van der Waals surface area contributed by atoms with Crippen molar-refractivity contribution in [3.8, 4) is 0 Å². The first-order valence-corrected chi connectivity index (χ1v) is 12.1. The van der Waals surface area contributed by atoms with Crippen molar-refractivity contribution in [1.82, 2.24) is 0 Å². The number of hydrogen-bond donors (Lipinski definition) is 3. The highest BCUT2D eigenvalue weighted by molar-refractivity contribution is 7.87. The van der Waals surface area contributed by atoms with Crippen LogP contribution in [0.1, 0.15) is 65.7 Å². The van der Waals surface area contributed by atoms with E-state index in [-0.39, 0.29) is 0 Å². The third kappa shape index (κ3) is 16.5. The van der Waals surface area contributed by atoms with Crippen molar-refractivity contribution in [3.05, 3.63) is 0 Å². The zero-order valence-corrected chi connectivity index (χ0v) is 17.2. The molecule has 0 rings (SSSR count). The molecule has 9 heteroatoms. The largest absolute Gasteiger partial charge is 0.481 e. The van der Waals surface area contributed by atoms with Gasteiger partial charge in [-0.3, -0.25) is 14.1 Å². The molecule has 0 fully saturated rings. The molecule has 150 valence electrons. The Morgan fingerprint density at radius 2 is 1.24 bits per heavy atom. The van der Waals surface area contributed by atoms with Crippen LogP contribution >= 0.6 is 7.92 Å². The van der Waals surface area contributed by atoms with Gasteiger partial charge in [0.25, 0.3) is 10.1 Å². The van der Waals surface area contributed by atoms with Gasteiger partial charge in [0.1, 0.15) is 0 Å². The highest BCUT2D eigenvalue weighted by Crippen LogP contribution is 2.38. The van der Waals surface area contributed by atoms with Crippen LogP contribution in [-0.4, -0.2) is 58.9 Å². The predicted octanol–water partition coefficient (Wildman–Crippen LogP) is 3.67. The van der Waals surface area contributed by atoms with Gasteiger partial charge in [0.2, 0.25) is 0 Å². The topological polar surface area (TPSA) is 129 Å². The van der Waals surface area contributed by atoms with Crippen molar-refractivity contribution >= 4 is 30.0 Å². The molecular weight excluding hydrogens is 367 g/mol. The van der Waals surface area contributed by atoms with Crippen LogP contribution in [0, 0.1) is 0 Å². The molecule has 0 spiro atoms. The lowest BCUT2D eigenvalue weighted by molar-refractivity contribution is -0.143. The minimum absolute atomic E-state index is 0.422. The van der Waals surface area contributed by atoms with Gasteiger partial charge < -0.3 is 10.2 Å². The van der Waals surface area contributed by atoms with Crippen LogP contribution in [0.25, 0.3) is 0 Å². The summed E-state index contributed by atoms with van der Waals surface area (Å²) < 4.78 is 28.7. The van der Waals surface area contributed by atoms with Crippen LogP contribution in [0.4, 0.5) is 0 Å². The van der Waals surface area contributed by atoms with E-state index in [1.807, 2.05) is 0 Å². The van der Waals surface area contributed by atoms with E-state index in [9.17, 15) is 18.0 Å². The zero-order chi connectivity index (χ0) is 19.9. The lowest BCUT2D eigenvalue weighted by Gasteiger charge is -2.16. The SMILES string of the molecule is CCCCP(CCCC)CCCC.O=C(O)CC(C(=O)O)S(=O)(=O)O. The highest BCUT2D eigenvalue weighted by atomic mass is 32.2. The van der Waals surface area contributed by atoms with Crippen molar-refractivity contribution in [2.75, 3.05) is 18.5 Å². The Bertz CT molecular complexity index is 446. The first-order chi connectivity index (χ1) is 11.6. The predicted molar refractivity (Wildman–Crippen MR) is 101 cm³/mol. The Morgan fingerprint density at radius 3 is 1.40 bits per heavy atom. The van der Waals surface area contributed by atoms with Crippen molar-refractivity contribution < 1.29 is 32.8 Å². The van der Waals surface area contributed by atoms with E-state index in [1.54, 1.807) is 18.5 Å². The van der Waals surface area contributed by atoms with Crippen LogP contribution in [-0.2, 0) is 19.7 Å². The standard InChI is InChI=1S/C12H27P.C4H6O7S/c1-4-7-10-13(11-8-5-2)12-9-6-3;5-3(6)1-2(4(7)8)12(9,10)11/h4-12H2,1-3H3;2H,1H2,(H,5,6)(H,7,8)(H,9,10,11). The fraction of sp³-hybridized carbons (Fsp3) is 0.875. The Labute approximate surface area is 152 Å². The first kappa shape index (κ1) is 26.5. The molecule has 0 aromatic heterocycles. The summed E-state index contributed by atoms with van der Waals surface area (Å²) in [7, 11) is -4.42. The summed E-state index contributed by atoms with van der Waals surface area (Å²) in [6, 6.07) is 0. The molecule has 7 nitrogen and oxygen atoms in total. The molecule has 3 N–H and O–H groups in total. The van der Waals surface area contributed by atoms with Crippen molar-refractivity contribution in [1.29, 1.82) is 0 Å². The smallest absolute Gasteiger partial charge is 0.325 e. The van der Waals surface area contributed by atoms with Gasteiger partial charge in [0, 0.05) is 0 Å². The summed E-state index contributed by atoms with van der Waals surface area (Å²) in [6.07, 6.45) is 12.1. The summed E-state index contributed by atoms with van der Waals surface area (Å²) in [4.78, 5) is 20.0. The molecule has 0 aromatic carbocycles. The monoisotopic (exact) mass is 400 g/mol. The first-order valence-electron chi connectivity index (χ1n) is 8.73. The van der Waals surface area contributed by atoms with E-state index in [1.165, 1.54) is 38.5 Å². The Morgan fingerprint density at radius 1 is 0.880 bits per heavy atom. The van der Waals surface area contributed by atoms with Gasteiger partial charge in [-0.25, -0.2) is 0 Å². The summed E-state index contributed by atoms with van der Waals surface area (Å²) >= 11 is 0. The number of unbranched alkanes of at least 4 members (excludes halogenated alkanes) is 3. The fourth-order valence-electron chi connectivity index (χ4n) is 1.96. The van der Waals surface area contributed by atoms with Crippen molar-refractivity contribution in [2.24, 2.45) is 0 Å². The minimum Gasteiger partial charge on any atom is -0.481 e. The van der Waals surface area contributed by atoms with E-state index in [4.69, 9.17) is 14.8 Å². The molecule has 0 amide bonds. The van der Waals surface area contributed by atoms with Gasteiger partial charge in [-0.15, -0.1) is 7.92 Å². The molecule has 0 aliphatic carbocycles. The second-order valence-electron chi connectivity index (χ2n) is 5.84. The average molecular weight is 400 g/mol. The molecule has 0 aromatic rings. The molecule has 25 heavy (non-hydrogen) atoms.